The molecule has 0 aliphatic carbocycles. The predicted molar refractivity (Wildman–Crippen MR) is 112 cm³/mol. The van der Waals surface area contributed by atoms with E-state index < -0.39 is 17.7 Å². The second kappa shape index (κ2) is 8.77. The van der Waals surface area contributed by atoms with Crippen molar-refractivity contribution in [3.63, 3.8) is 0 Å². The summed E-state index contributed by atoms with van der Waals surface area (Å²) in [7, 11) is 2.97. The molecule has 0 radical (unpaired) electrons. The maximum absolute atomic E-state index is 13.1. The fourth-order valence-corrected chi connectivity index (χ4v) is 4.11. The highest BCUT2D eigenvalue weighted by Gasteiger charge is 2.47. The second-order valence-corrected chi connectivity index (χ2v) is 7.43. The van der Waals surface area contributed by atoms with Crippen molar-refractivity contribution in [2.24, 2.45) is 0 Å². The SMILES string of the molecule is COc1ccc(OC)c(/C(O)=C2\C(=O)C(=O)N(CC3CCCO3)C2c2ccncc2)c1. The van der Waals surface area contributed by atoms with Gasteiger partial charge in [0.05, 0.1) is 37.5 Å². The first-order chi connectivity index (χ1) is 15.0. The maximum Gasteiger partial charge on any atom is 0.295 e. The van der Waals surface area contributed by atoms with Gasteiger partial charge in [-0.1, -0.05) is 0 Å². The Morgan fingerprint density at radius 3 is 2.61 bits per heavy atom. The number of ether oxygens (including phenoxy) is 3. The van der Waals surface area contributed by atoms with E-state index in [0.29, 0.717) is 23.7 Å². The van der Waals surface area contributed by atoms with Crippen LogP contribution in [0.1, 0.15) is 30.0 Å². The van der Waals surface area contributed by atoms with Crippen LogP contribution in [0.25, 0.3) is 5.76 Å². The molecule has 0 bridgehead atoms. The van der Waals surface area contributed by atoms with Crippen LogP contribution in [0.15, 0.2) is 48.3 Å². The number of carbonyl (C=O) groups excluding carboxylic acids is 2. The molecule has 31 heavy (non-hydrogen) atoms. The molecule has 2 atom stereocenters. The first kappa shape index (κ1) is 20.9. The molecule has 162 valence electrons. The van der Waals surface area contributed by atoms with Crippen LogP contribution in [0, 0.1) is 0 Å². The average Bonchev–Trinajstić information content (AvgIpc) is 3.41. The lowest BCUT2D eigenvalue weighted by molar-refractivity contribution is -0.140. The van der Waals surface area contributed by atoms with Crippen molar-refractivity contribution in [2.75, 3.05) is 27.4 Å². The Bertz CT molecular complexity index is 1010. The third-order valence-corrected chi connectivity index (χ3v) is 5.65. The van der Waals surface area contributed by atoms with Gasteiger partial charge in [0, 0.05) is 25.5 Å². The predicted octanol–water partition coefficient (Wildman–Crippen LogP) is 2.70. The van der Waals surface area contributed by atoms with Crippen molar-refractivity contribution in [3.8, 4) is 11.5 Å². The van der Waals surface area contributed by atoms with Crippen LogP contribution in [0.3, 0.4) is 0 Å². The molecular weight excluding hydrogens is 400 g/mol. The van der Waals surface area contributed by atoms with Crippen LogP contribution >= 0.6 is 0 Å². The number of hydrogen-bond acceptors (Lipinski definition) is 7. The Labute approximate surface area is 180 Å². The lowest BCUT2D eigenvalue weighted by Gasteiger charge is -2.27. The summed E-state index contributed by atoms with van der Waals surface area (Å²) in [5.41, 5.74) is 0.951. The van der Waals surface area contributed by atoms with E-state index in [0.717, 1.165) is 12.8 Å². The summed E-state index contributed by atoms with van der Waals surface area (Å²) in [6.07, 6.45) is 4.76. The van der Waals surface area contributed by atoms with E-state index in [1.54, 1.807) is 42.7 Å². The Hall–Kier alpha value is -3.39. The van der Waals surface area contributed by atoms with Crippen LogP contribution in [0.5, 0.6) is 11.5 Å². The first-order valence-corrected chi connectivity index (χ1v) is 10.1. The van der Waals surface area contributed by atoms with E-state index in [9.17, 15) is 14.7 Å². The van der Waals surface area contributed by atoms with Gasteiger partial charge in [0.15, 0.2) is 0 Å². The van der Waals surface area contributed by atoms with Crippen molar-refractivity contribution in [1.29, 1.82) is 0 Å². The molecule has 2 aromatic rings. The summed E-state index contributed by atoms with van der Waals surface area (Å²) in [6.45, 7) is 0.902. The Kier molecular flexibility index (Phi) is 5.90. The fraction of sp³-hybridized carbons (Fsp3) is 0.348. The van der Waals surface area contributed by atoms with Gasteiger partial charge in [-0.15, -0.1) is 0 Å². The quantitative estimate of drug-likeness (QED) is 0.432. The monoisotopic (exact) mass is 424 g/mol. The molecule has 4 rings (SSSR count). The van der Waals surface area contributed by atoms with Gasteiger partial charge in [0.25, 0.3) is 11.7 Å². The topological polar surface area (TPSA) is 98.2 Å². The summed E-state index contributed by atoms with van der Waals surface area (Å²) in [4.78, 5) is 31.6. The number of Topliss-reactive ketones (excluding diaryl/α,β-unsaturated/α-hetero) is 1. The molecule has 0 saturated carbocycles. The molecule has 2 saturated heterocycles. The van der Waals surface area contributed by atoms with Gasteiger partial charge in [-0.3, -0.25) is 14.6 Å². The third kappa shape index (κ3) is 3.86. The van der Waals surface area contributed by atoms with E-state index in [1.807, 2.05) is 0 Å². The first-order valence-electron chi connectivity index (χ1n) is 10.1. The zero-order chi connectivity index (χ0) is 22.0. The molecule has 0 spiro atoms. The van der Waals surface area contributed by atoms with Crippen LogP contribution in [0.4, 0.5) is 0 Å². The van der Waals surface area contributed by atoms with Crippen LogP contribution in [0.2, 0.25) is 0 Å². The molecular formula is C23H24N2O6. The zero-order valence-electron chi connectivity index (χ0n) is 17.4. The molecule has 3 heterocycles. The number of aromatic nitrogens is 1. The van der Waals surface area contributed by atoms with Gasteiger partial charge in [0.2, 0.25) is 0 Å². The van der Waals surface area contributed by atoms with Crippen LogP contribution in [-0.4, -0.2) is 60.2 Å². The number of pyridine rings is 1. The van der Waals surface area contributed by atoms with Gasteiger partial charge in [-0.2, -0.15) is 0 Å². The minimum absolute atomic E-state index is 0.000694. The molecule has 8 nitrogen and oxygen atoms in total. The third-order valence-electron chi connectivity index (χ3n) is 5.65. The second-order valence-electron chi connectivity index (χ2n) is 7.43. The molecule has 1 amide bonds. The molecule has 1 N–H and O–H groups in total. The summed E-state index contributed by atoms with van der Waals surface area (Å²) in [5.74, 6) is -0.887. The number of benzene rings is 1. The Morgan fingerprint density at radius 1 is 1.19 bits per heavy atom. The highest BCUT2D eigenvalue weighted by Crippen LogP contribution is 2.41. The summed E-state index contributed by atoms with van der Waals surface area (Å²) in [5, 5.41) is 11.2. The van der Waals surface area contributed by atoms with Crippen LogP contribution < -0.4 is 9.47 Å². The number of amides is 1. The van der Waals surface area contributed by atoms with E-state index in [2.05, 4.69) is 4.98 Å². The Balaban J connectivity index is 1.86. The molecule has 2 aliphatic rings. The fourth-order valence-electron chi connectivity index (χ4n) is 4.11. The van der Waals surface area contributed by atoms with Gasteiger partial charge in [0.1, 0.15) is 17.3 Å². The number of carbonyl (C=O) groups is 2. The summed E-state index contributed by atoms with van der Waals surface area (Å²) < 4.78 is 16.3. The molecule has 2 unspecified atom stereocenters. The number of methoxy groups -OCH3 is 2. The van der Waals surface area contributed by atoms with Crippen molar-refractivity contribution in [1.82, 2.24) is 9.88 Å². The Morgan fingerprint density at radius 2 is 1.97 bits per heavy atom. The van der Waals surface area contributed by atoms with Crippen molar-refractivity contribution >= 4 is 17.4 Å². The standard InChI is InChI=1S/C23H24N2O6/c1-29-15-5-6-18(30-2)17(12-15)21(26)19-20(14-7-9-24-10-8-14)25(23(28)22(19)27)13-16-4-3-11-31-16/h5-10,12,16,20,26H,3-4,11,13H2,1-2H3/b21-19+. The summed E-state index contributed by atoms with van der Waals surface area (Å²) in [6, 6.07) is 7.60. The van der Waals surface area contributed by atoms with Crippen molar-refractivity contribution in [2.45, 2.75) is 25.0 Å². The number of nitrogens with zero attached hydrogens (tertiary/aromatic N) is 2. The number of likely N-dealkylation sites (tertiary alicyclic amines) is 1. The number of hydrogen-bond donors (Lipinski definition) is 1. The molecule has 2 fully saturated rings. The van der Waals surface area contributed by atoms with E-state index in [1.165, 1.54) is 19.1 Å². The number of aliphatic hydroxyl groups excluding tert-OH is 1. The van der Waals surface area contributed by atoms with Crippen molar-refractivity contribution in [3.05, 3.63) is 59.4 Å². The van der Waals surface area contributed by atoms with E-state index in [-0.39, 0.29) is 29.5 Å². The molecule has 1 aromatic carbocycles. The number of rotatable bonds is 6. The van der Waals surface area contributed by atoms with Gasteiger partial charge in [-0.25, -0.2) is 0 Å². The van der Waals surface area contributed by atoms with Gasteiger partial charge >= 0.3 is 0 Å². The highest BCUT2D eigenvalue weighted by molar-refractivity contribution is 6.46. The smallest absolute Gasteiger partial charge is 0.295 e. The number of ketones is 1. The minimum atomic E-state index is -0.761. The van der Waals surface area contributed by atoms with Gasteiger partial charge in [-0.05, 0) is 48.7 Å². The van der Waals surface area contributed by atoms with Crippen molar-refractivity contribution < 1.29 is 28.9 Å². The van der Waals surface area contributed by atoms with E-state index >= 15 is 0 Å². The van der Waals surface area contributed by atoms with Gasteiger partial charge < -0.3 is 24.2 Å². The normalized spacial score (nSPS) is 22.7. The molecule has 2 aliphatic heterocycles. The maximum atomic E-state index is 13.1. The zero-order valence-corrected chi connectivity index (χ0v) is 17.4. The summed E-state index contributed by atoms with van der Waals surface area (Å²) >= 11 is 0. The number of aliphatic hydroxyl groups is 1. The highest BCUT2D eigenvalue weighted by atomic mass is 16.5. The largest absolute Gasteiger partial charge is 0.507 e. The van der Waals surface area contributed by atoms with Crippen LogP contribution in [-0.2, 0) is 14.3 Å². The van der Waals surface area contributed by atoms with E-state index in [4.69, 9.17) is 14.2 Å². The molecule has 1 aromatic heterocycles. The lowest BCUT2D eigenvalue weighted by atomic mass is 9.95. The molecule has 8 heteroatoms. The average molecular weight is 424 g/mol. The minimum Gasteiger partial charge on any atom is -0.507 e. The lowest BCUT2D eigenvalue weighted by Crippen LogP contribution is -2.36.